The second-order valence-electron chi connectivity index (χ2n) is 14.3. The van der Waals surface area contributed by atoms with Gasteiger partial charge in [-0.25, -0.2) is 4.98 Å². The van der Waals surface area contributed by atoms with Gasteiger partial charge in [-0.05, 0) is 47.8 Å². The Hall–Kier alpha value is -2.76. The van der Waals surface area contributed by atoms with Crippen molar-refractivity contribution in [2.45, 2.75) is 95.4 Å². The van der Waals surface area contributed by atoms with Crippen LogP contribution in [0.1, 0.15) is 115 Å². The lowest BCUT2D eigenvalue weighted by molar-refractivity contribution is 0.0845. The van der Waals surface area contributed by atoms with Crippen LogP contribution < -0.4 is 9.47 Å². The molecule has 0 atom stereocenters. The van der Waals surface area contributed by atoms with E-state index in [1.54, 1.807) is 18.5 Å². The smallest absolute Gasteiger partial charge is 0.224 e. The summed E-state index contributed by atoms with van der Waals surface area (Å²) in [7, 11) is 0. The van der Waals surface area contributed by atoms with Crippen molar-refractivity contribution in [3.63, 3.8) is 0 Å². The van der Waals surface area contributed by atoms with Gasteiger partial charge >= 0.3 is 0 Å². The normalized spacial score (nSPS) is 12.8. The van der Waals surface area contributed by atoms with E-state index in [1.165, 1.54) is 0 Å². The molecular formula is C32H48N2O4. The number of ketones is 2. The molecule has 0 aliphatic heterocycles. The predicted octanol–water partition coefficient (Wildman–Crippen LogP) is 7.79. The molecule has 0 spiro atoms. The van der Waals surface area contributed by atoms with Gasteiger partial charge in [-0.3, -0.25) is 14.6 Å². The van der Waals surface area contributed by atoms with E-state index in [2.05, 4.69) is 44.6 Å². The number of nitrogens with zero attached hydrogens (tertiary/aromatic N) is 2. The summed E-state index contributed by atoms with van der Waals surface area (Å²) in [6.07, 6.45) is 7.38. The average molecular weight is 525 g/mol. The van der Waals surface area contributed by atoms with Gasteiger partial charge < -0.3 is 9.47 Å². The number of ether oxygens (including phenoxy) is 2. The fourth-order valence-electron chi connectivity index (χ4n) is 3.89. The average Bonchev–Trinajstić information content (AvgIpc) is 2.77. The molecule has 2 rings (SSSR count). The van der Waals surface area contributed by atoms with E-state index in [-0.39, 0.29) is 22.4 Å². The Morgan fingerprint density at radius 3 is 1.92 bits per heavy atom. The monoisotopic (exact) mass is 524 g/mol. The molecule has 0 aromatic carbocycles. The molecule has 0 bridgehead atoms. The zero-order valence-electron chi connectivity index (χ0n) is 25.4. The van der Waals surface area contributed by atoms with E-state index in [0.29, 0.717) is 36.0 Å². The zero-order chi connectivity index (χ0) is 28.9. The van der Waals surface area contributed by atoms with Crippen LogP contribution in [0.2, 0.25) is 0 Å². The van der Waals surface area contributed by atoms with Gasteiger partial charge in [0.15, 0.2) is 11.6 Å². The van der Waals surface area contributed by atoms with Crippen LogP contribution in [0.15, 0.2) is 30.7 Å². The van der Waals surface area contributed by atoms with Gasteiger partial charge in [0.1, 0.15) is 5.75 Å². The Morgan fingerprint density at radius 2 is 1.34 bits per heavy atom. The summed E-state index contributed by atoms with van der Waals surface area (Å²) < 4.78 is 12.0. The molecule has 0 radical (unpaired) electrons. The van der Waals surface area contributed by atoms with Crippen molar-refractivity contribution in [3.05, 3.63) is 47.4 Å². The van der Waals surface area contributed by atoms with Crippen LogP contribution in [0.5, 0.6) is 11.6 Å². The Bertz CT molecular complexity index is 1120. The molecule has 2 aromatic rings. The molecule has 0 aliphatic carbocycles. The molecule has 2 aromatic heterocycles. The Kier molecular flexibility index (Phi) is 9.90. The topological polar surface area (TPSA) is 78.4 Å². The number of hydrogen-bond acceptors (Lipinski definition) is 6. The number of aromatic nitrogens is 2. The number of rotatable bonds is 11. The van der Waals surface area contributed by atoms with E-state index in [1.807, 2.05) is 53.8 Å². The third-order valence-electron chi connectivity index (χ3n) is 6.35. The third kappa shape index (κ3) is 9.52. The minimum absolute atomic E-state index is 0.0198. The first-order chi connectivity index (χ1) is 17.3. The molecule has 6 heteroatoms. The van der Waals surface area contributed by atoms with Crippen LogP contribution in [0.4, 0.5) is 0 Å². The van der Waals surface area contributed by atoms with E-state index in [0.717, 1.165) is 24.8 Å². The molecule has 38 heavy (non-hydrogen) atoms. The number of carbonyl (C=O) groups excluding carboxylic acids is 2. The maximum atomic E-state index is 13.3. The number of carbonyl (C=O) groups is 2. The highest BCUT2D eigenvalue weighted by molar-refractivity contribution is 6.02. The highest BCUT2D eigenvalue weighted by Crippen LogP contribution is 2.32. The first kappa shape index (κ1) is 31.5. The SMILES string of the molecule is CC(C)(C)CCOc1ncc(CC(C)(C)CCOc2cnccc2C(=O)C(C)(C)C)cc1C(=O)C(C)(C)C. The fraction of sp³-hybridized carbons (Fsp3) is 0.625. The lowest BCUT2D eigenvalue weighted by Crippen LogP contribution is -2.24. The van der Waals surface area contributed by atoms with Crippen molar-refractivity contribution in [1.82, 2.24) is 9.97 Å². The van der Waals surface area contributed by atoms with Crippen molar-refractivity contribution >= 4 is 11.6 Å². The van der Waals surface area contributed by atoms with Crippen LogP contribution >= 0.6 is 0 Å². The van der Waals surface area contributed by atoms with Crippen LogP contribution in [-0.4, -0.2) is 34.7 Å². The second-order valence-corrected chi connectivity index (χ2v) is 14.3. The minimum atomic E-state index is -0.544. The van der Waals surface area contributed by atoms with Gasteiger partial charge in [0.2, 0.25) is 5.88 Å². The van der Waals surface area contributed by atoms with Crippen molar-refractivity contribution in [3.8, 4) is 11.6 Å². The first-order valence-corrected chi connectivity index (χ1v) is 13.6. The molecule has 0 N–H and O–H groups in total. The van der Waals surface area contributed by atoms with Crippen LogP contribution in [0.3, 0.4) is 0 Å². The van der Waals surface area contributed by atoms with Gasteiger partial charge in [-0.15, -0.1) is 0 Å². The van der Waals surface area contributed by atoms with Gasteiger partial charge in [-0.2, -0.15) is 0 Å². The third-order valence-corrected chi connectivity index (χ3v) is 6.35. The summed E-state index contributed by atoms with van der Waals surface area (Å²) >= 11 is 0. The quantitative estimate of drug-likeness (QED) is 0.279. The van der Waals surface area contributed by atoms with E-state index in [4.69, 9.17) is 9.47 Å². The van der Waals surface area contributed by atoms with Gasteiger partial charge in [0.25, 0.3) is 0 Å². The van der Waals surface area contributed by atoms with Crippen molar-refractivity contribution < 1.29 is 19.1 Å². The Balaban J connectivity index is 2.15. The molecule has 0 fully saturated rings. The van der Waals surface area contributed by atoms with Crippen LogP contribution in [0.25, 0.3) is 0 Å². The summed E-state index contributed by atoms with van der Waals surface area (Å²) in [5.41, 5.74) is 1.04. The number of Topliss-reactive ketones (excluding diaryl/α,β-unsaturated/α-hetero) is 2. The number of hydrogen-bond donors (Lipinski definition) is 0. The van der Waals surface area contributed by atoms with E-state index < -0.39 is 10.8 Å². The molecule has 0 amide bonds. The lowest BCUT2D eigenvalue weighted by atomic mass is 9.82. The highest BCUT2D eigenvalue weighted by Gasteiger charge is 2.29. The minimum Gasteiger partial charge on any atom is -0.491 e. The first-order valence-electron chi connectivity index (χ1n) is 13.6. The molecule has 0 unspecified atom stereocenters. The summed E-state index contributed by atoms with van der Waals surface area (Å²) in [5.74, 6) is 0.971. The van der Waals surface area contributed by atoms with Crippen molar-refractivity contribution in [1.29, 1.82) is 0 Å². The van der Waals surface area contributed by atoms with Gasteiger partial charge in [-0.1, -0.05) is 76.2 Å². The van der Waals surface area contributed by atoms with Crippen molar-refractivity contribution in [2.24, 2.45) is 21.7 Å². The largest absolute Gasteiger partial charge is 0.491 e. The molecule has 210 valence electrons. The summed E-state index contributed by atoms with van der Waals surface area (Å²) in [4.78, 5) is 34.8. The van der Waals surface area contributed by atoms with E-state index >= 15 is 0 Å². The molecule has 0 saturated carbocycles. The molecule has 0 aliphatic rings. The van der Waals surface area contributed by atoms with E-state index in [9.17, 15) is 9.59 Å². The summed E-state index contributed by atoms with van der Waals surface area (Å²) in [5, 5.41) is 0. The number of pyridine rings is 2. The maximum Gasteiger partial charge on any atom is 0.224 e. The molecular weight excluding hydrogens is 476 g/mol. The predicted molar refractivity (Wildman–Crippen MR) is 153 cm³/mol. The molecule has 0 saturated heterocycles. The second kappa shape index (κ2) is 12.0. The Morgan fingerprint density at radius 1 is 0.763 bits per heavy atom. The Labute approximate surface area is 230 Å². The maximum absolute atomic E-state index is 13.3. The fourth-order valence-corrected chi connectivity index (χ4v) is 3.89. The van der Waals surface area contributed by atoms with Crippen LogP contribution in [0, 0.1) is 21.7 Å². The van der Waals surface area contributed by atoms with Gasteiger partial charge in [0.05, 0.1) is 30.5 Å². The van der Waals surface area contributed by atoms with Gasteiger partial charge in [0, 0.05) is 23.2 Å². The molecule has 6 nitrogen and oxygen atoms in total. The van der Waals surface area contributed by atoms with Crippen LogP contribution in [-0.2, 0) is 6.42 Å². The molecule has 2 heterocycles. The van der Waals surface area contributed by atoms with Crippen molar-refractivity contribution in [2.75, 3.05) is 13.2 Å². The zero-order valence-corrected chi connectivity index (χ0v) is 25.4. The summed E-state index contributed by atoms with van der Waals surface area (Å²) in [6.45, 7) is 23.2. The lowest BCUT2D eigenvalue weighted by Gasteiger charge is -2.26. The highest BCUT2D eigenvalue weighted by atomic mass is 16.5. The standard InChI is InChI=1S/C32H48N2O4/c1-29(2,3)13-16-38-28-24(27(36)31(7,8)9)18-22(20-34-28)19-32(10,11)14-17-37-25-21-33-15-12-23(25)26(35)30(4,5)6/h12,15,18,20-21H,13-14,16-17,19H2,1-11H3. The summed E-state index contributed by atoms with van der Waals surface area (Å²) in [6, 6.07) is 3.66.